The van der Waals surface area contributed by atoms with Crippen molar-refractivity contribution in [2.45, 2.75) is 19.6 Å². The predicted octanol–water partition coefficient (Wildman–Crippen LogP) is 0.369. The first kappa shape index (κ1) is 19.9. The van der Waals surface area contributed by atoms with Crippen LogP contribution in [0.2, 0.25) is 0 Å². The molecule has 9 heteroatoms. The Morgan fingerprint density at radius 1 is 1.40 bits per heavy atom. The number of thioether (sulfide) groups is 1. The van der Waals surface area contributed by atoms with Crippen LogP contribution in [0, 0.1) is 5.92 Å². The Balaban J connectivity index is 1.76. The van der Waals surface area contributed by atoms with Crippen LogP contribution in [0.3, 0.4) is 0 Å². The number of rotatable bonds is 12. The number of anilines is 1. The Labute approximate surface area is 151 Å². The number of aromatic nitrogens is 3. The van der Waals surface area contributed by atoms with E-state index >= 15 is 0 Å². The quantitative estimate of drug-likeness (QED) is 0.339. The van der Waals surface area contributed by atoms with Crippen molar-refractivity contribution in [3.63, 3.8) is 0 Å². The molecule has 2 aromatic rings. The summed E-state index contributed by atoms with van der Waals surface area (Å²) in [4.78, 5) is 11.3. The zero-order valence-electron chi connectivity index (χ0n) is 14.4. The van der Waals surface area contributed by atoms with Crippen molar-refractivity contribution in [1.82, 2.24) is 20.3 Å². The van der Waals surface area contributed by atoms with E-state index in [1.54, 1.807) is 11.8 Å². The maximum absolute atomic E-state index is 9.96. The zero-order chi connectivity index (χ0) is 18.1. The predicted molar refractivity (Wildman–Crippen MR) is 100 cm³/mol. The number of nitrogens with two attached hydrogens (primary N) is 1. The summed E-state index contributed by atoms with van der Waals surface area (Å²) >= 11 is 1.74. The van der Waals surface area contributed by atoms with Gasteiger partial charge >= 0.3 is 0 Å². The highest BCUT2D eigenvalue weighted by molar-refractivity contribution is 7.99. The summed E-state index contributed by atoms with van der Waals surface area (Å²) in [6.07, 6.45) is 2.95. The second-order valence-corrected chi connectivity index (χ2v) is 6.99. The lowest BCUT2D eigenvalue weighted by molar-refractivity contribution is 0.103. The van der Waals surface area contributed by atoms with Gasteiger partial charge in [-0.05, 0) is 12.7 Å². The Morgan fingerprint density at radius 2 is 2.24 bits per heavy atom. The van der Waals surface area contributed by atoms with Crippen molar-refractivity contribution >= 4 is 28.6 Å². The standard InChI is InChI=1S/C16H27N5O3S/c1-11(23)13(9-25-5-4-24-3-2-22)7-18-6-12-8-19-15-14(12)20-10-21-16(15)17/h8,10-11,13,18-19,22-23H,2-7,9H2,1H3,(H2,17,20,21)/t11-,13-/m1/s1. The molecule has 2 heterocycles. The first-order valence-corrected chi connectivity index (χ1v) is 9.50. The molecule has 0 spiro atoms. The molecule has 2 aromatic heterocycles. The van der Waals surface area contributed by atoms with Gasteiger partial charge in [-0.25, -0.2) is 9.97 Å². The molecule has 0 fully saturated rings. The molecule has 0 aliphatic rings. The third kappa shape index (κ3) is 6.12. The Bertz CT molecular complexity index is 637. The third-order valence-corrected chi connectivity index (χ3v) is 5.03. The van der Waals surface area contributed by atoms with Crippen LogP contribution in [0.1, 0.15) is 12.5 Å². The van der Waals surface area contributed by atoms with Gasteiger partial charge in [0.15, 0.2) is 5.82 Å². The summed E-state index contributed by atoms with van der Waals surface area (Å²) in [6.45, 7) is 4.20. The lowest BCUT2D eigenvalue weighted by Gasteiger charge is -2.20. The fraction of sp³-hybridized carbons (Fsp3) is 0.625. The lowest BCUT2D eigenvalue weighted by atomic mass is 10.1. The van der Waals surface area contributed by atoms with Gasteiger partial charge in [0.2, 0.25) is 0 Å². The molecule has 0 amide bonds. The van der Waals surface area contributed by atoms with E-state index in [-0.39, 0.29) is 18.6 Å². The van der Waals surface area contributed by atoms with E-state index in [2.05, 4.69) is 20.3 Å². The van der Waals surface area contributed by atoms with Crippen LogP contribution in [0.4, 0.5) is 5.82 Å². The van der Waals surface area contributed by atoms with Gasteiger partial charge < -0.3 is 31.0 Å². The molecule has 0 aromatic carbocycles. The van der Waals surface area contributed by atoms with E-state index in [0.717, 1.165) is 28.1 Å². The van der Waals surface area contributed by atoms with Crippen LogP contribution in [-0.4, -0.2) is 69.1 Å². The van der Waals surface area contributed by atoms with Crippen LogP contribution in [-0.2, 0) is 11.3 Å². The molecule has 0 saturated heterocycles. The van der Waals surface area contributed by atoms with Gasteiger partial charge in [0, 0.05) is 36.5 Å². The van der Waals surface area contributed by atoms with E-state index in [1.165, 1.54) is 6.33 Å². The number of aromatic amines is 1. The minimum atomic E-state index is -0.390. The molecular formula is C16H27N5O3S. The first-order valence-electron chi connectivity index (χ1n) is 8.35. The fourth-order valence-corrected chi connectivity index (χ4v) is 3.53. The summed E-state index contributed by atoms with van der Waals surface area (Å²) in [5.41, 5.74) is 8.43. The number of nitrogens with one attached hydrogen (secondary N) is 2. The number of nitrogen functional groups attached to an aromatic ring is 1. The number of hydrogen-bond acceptors (Lipinski definition) is 8. The van der Waals surface area contributed by atoms with Crippen LogP contribution in [0.15, 0.2) is 12.5 Å². The largest absolute Gasteiger partial charge is 0.394 e. The molecular weight excluding hydrogens is 342 g/mol. The van der Waals surface area contributed by atoms with Crippen molar-refractivity contribution in [2.75, 3.05) is 43.6 Å². The Hall–Kier alpha value is -1.39. The average Bonchev–Trinajstić information content (AvgIpc) is 3.00. The summed E-state index contributed by atoms with van der Waals surface area (Å²) in [6, 6.07) is 0. The molecule has 140 valence electrons. The monoisotopic (exact) mass is 369 g/mol. The molecule has 0 aliphatic carbocycles. The fourth-order valence-electron chi connectivity index (χ4n) is 2.43. The minimum Gasteiger partial charge on any atom is -0.394 e. The molecule has 0 bridgehead atoms. The molecule has 2 rings (SSSR count). The van der Waals surface area contributed by atoms with E-state index in [9.17, 15) is 5.11 Å². The Morgan fingerprint density at radius 3 is 3.00 bits per heavy atom. The molecule has 0 unspecified atom stereocenters. The maximum Gasteiger partial charge on any atom is 0.151 e. The zero-order valence-corrected chi connectivity index (χ0v) is 15.3. The molecule has 25 heavy (non-hydrogen) atoms. The molecule has 6 N–H and O–H groups in total. The number of fused-ring (bicyclic) bond motifs is 1. The maximum atomic E-state index is 9.96. The SMILES string of the molecule is C[C@@H](O)[C@H](CNCc1c[nH]c2c(N)ncnc12)CSCCOCCO. The number of ether oxygens (including phenoxy) is 1. The van der Waals surface area contributed by atoms with Gasteiger partial charge in [0.25, 0.3) is 0 Å². The molecule has 0 saturated carbocycles. The van der Waals surface area contributed by atoms with Gasteiger partial charge in [-0.1, -0.05) is 0 Å². The van der Waals surface area contributed by atoms with E-state index in [0.29, 0.717) is 32.1 Å². The summed E-state index contributed by atoms with van der Waals surface area (Å²) in [7, 11) is 0. The number of aliphatic hydroxyl groups is 2. The van der Waals surface area contributed by atoms with Crippen LogP contribution in [0.25, 0.3) is 11.0 Å². The summed E-state index contributed by atoms with van der Waals surface area (Å²) in [5, 5.41) is 22.0. The Kier molecular flexibility index (Phi) is 8.42. The van der Waals surface area contributed by atoms with Crippen molar-refractivity contribution in [1.29, 1.82) is 0 Å². The molecule has 0 radical (unpaired) electrons. The van der Waals surface area contributed by atoms with E-state index < -0.39 is 0 Å². The molecule has 0 aliphatic heterocycles. The van der Waals surface area contributed by atoms with Crippen LogP contribution in [0.5, 0.6) is 0 Å². The van der Waals surface area contributed by atoms with Gasteiger partial charge in [0.05, 0.1) is 31.4 Å². The smallest absolute Gasteiger partial charge is 0.151 e. The van der Waals surface area contributed by atoms with Crippen molar-refractivity contribution in [3.05, 3.63) is 18.1 Å². The minimum absolute atomic E-state index is 0.0509. The summed E-state index contributed by atoms with van der Waals surface area (Å²) in [5.74, 6) is 2.28. The van der Waals surface area contributed by atoms with E-state index in [1.807, 2.05) is 13.1 Å². The average molecular weight is 369 g/mol. The number of hydrogen-bond donors (Lipinski definition) is 5. The molecule has 8 nitrogen and oxygen atoms in total. The van der Waals surface area contributed by atoms with Gasteiger partial charge in [-0.3, -0.25) is 0 Å². The number of nitrogens with zero attached hydrogens (tertiary/aromatic N) is 2. The van der Waals surface area contributed by atoms with Crippen LogP contribution >= 0.6 is 11.8 Å². The van der Waals surface area contributed by atoms with Gasteiger partial charge in [-0.15, -0.1) is 0 Å². The highest BCUT2D eigenvalue weighted by Gasteiger charge is 2.15. The third-order valence-electron chi connectivity index (χ3n) is 3.92. The van der Waals surface area contributed by atoms with E-state index in [4.69, 9.17) is 15.6 Å². The number of aliphatic hydroxyl groups excluding tert-OH is 2. The normalized spacial score (nSPS) is 14.0. The van der Waals surface area contributed by atoms with Crippen LogP contribution < -0.4 is 11.1 Å². The summed E-state index contributed by atoms with van der Waals surface area (Å²) < 4.78 is 5.23. The van der Waals surface area contributed by atoms with Gasteiger partial charge in [-0.2, -0.15) is 11.8 Å². The highest BCUT2D eigenvalue weighted by Crippen LogP contribution is 2.19. The second kappa shape index (κ2) is 10.6. The highest BCUT2D eigenvalue weighted by atomic mass is 32.2. The van der Waals surface area contributed by atoms with Crippen molar-refractivity contribution in [3.8, 4) is 0 Å². The van der Waals surface area contributed by atoms with Crippen molar-refractivity contribution in [2.24, 2.45) is 5.92 Å². The van der Waals surface area contributed by atoms with Crippen molar-refractivity contribution < 1.29 is 14.9 Å². The first-order chi connectivity index (χ1) is 12.1. The number of H-pyrrole nitrogens is 1. The second-order valence-electron chi connectivity index (χ2n) is 5.84. The topological polar surface area (TPSA) is 129 Å². The lowest BCUT2D eigenvalue weighted by Crippen LogP contribution is -2.31. The van der Waals surface area contributed by atoms with Gasteiger partial charge in [0.1, 0.15) is 11.8 Å². The molecule has 2 atom stereocenters.